The third kappa shape index (κ3) is 7.88. The molecular weight excluding hydrogens is 688 g/mol. The van der Waals surface area contributed by atoms with Gasteiger partial charge < -0.3 is 4.57 Å². The molecule has 0 atom stereocenters. The average molecular weight is 723 g/mol. The van der Waals surface area contributed by atoms with Crippen LogP contribution in [0.4, 0.5) is 0 Å². The first-order valence-electron chi connectivity index (χ1n) is 15.4. The van der Waals surface area contributed by atoms with E-state index in [-0.39, 0.29) is 5.30 Å². The smallest absolute Gasteiger partial charge is 0.248 e. The molecule has 0 saturated heterocycles. The minimum Gasteiger partial charge on any atom is -0.302 e. The molecule has 0 bridgehead atoms. The third-order valence-electron chi connectivity index (χ3n) is 8.06. The normalized spacial score (nSPS) is 11.2. The summed E-state index contributed by atoms with van der Waals surface area (Å²) in [7, 11) is -4.31. The Morgan fingerprint density at radius 3 is 1.19 bits per heavy atom. The van der Waals surface area contributed by atoms with E-state index in [9.17, 15) is 9.59 Å². The Balaban J connectivity index is 1.45. The van der Waals surface area contributed by atoms with Crippen molar-refractivity contribution in [1.29, 1.82) is 0 Å². The van der Waals surface area contributed by atoms with Crippen LogP contribution in [-0.2, 0) is 16.1 Å². The maximum absolute atomic E-state index is 15.2. The maximum atomic E-state index is 15.2. The molecule has 8 heteroatoms. The highest BCUT2D eigenvalue weighted by atomic mass is 32.2. The third-order valence-corrected chi connectivity index (χ3v) is 13.8. The highest BCUT2D eigenvalue weighted by Gasteiger charge is 2.44. The molecule has 3 nitrogen and oxygen atoms in total. The first-order valence-corrected chi connectivity index (χ1v) is 19.9. The maximum Gasteiger partial charge on any atom is 0.248 e. The van der Waals surface area contributed by atoms with Gasteiger partial charge in [0.05, 0.1) is 8.39 Å². The standard InChI is InChI=1S/C40H35O3PS4/c1-26-20-30(24-47-39(45)32-14-8-5-9-15-32)21-27(2)35(26)37(41)44(43,34-18-12-7-13-19-34)38(42)36-28(3)22-31(23-29(36)4)25-48-40(46)33-16-10-6-11-17-33/h5-23H,24-25H2,1-4H3. The van der Waals surface area contributed by atoms with Crippen LogP contribution in [0.5, 0.6) is 0 Å². The van der Waals surface area contributed by atoms with Gasteiger partial charge in [0, 0.05) is 27.9 Å². The fraction of sp³-hybridized carbons (Fsp3) is 0.150. The number of thiocarbonyl (C=S) groups is 2. The molecule has 0 amide bonds. The van der Waals surface area contributed by atoms with Crippen LogP contribution in [0.2, 0.25) is 0 Å². The van der Waals surface area contributed by atoms with Gasteiger partial charge in [-0.1, -0.05) is 140 Å². The Bertz CT molecular complexity index is 1890. The molecular formula is C40H35O3PS4. The van der Waals surface area contributed by atoms with Gasteiger partial charge in [0.15, 0.2) is 0 Å². The molecule has 0 saturated carbocycles. The number of rotatable bonds is 11. The number of hydrogen-bond donors (Lipinski definition) is 0. The molecule has 0 fully saturated rings. The fourth-order valence-corrected chi connectivity index (χ4v) is 10.6. The Morgan fingerprint density at radius 1 is 0.542 bits per heavy atom. The van der Waals surface area contributed by atoms with Crippen LogP contribution < -0.4 is 5.30 Å². The second-order valence-corrected chi connectivity index (χ2v) is 17.5. The molecule has 0 heterocycles. The highest BCUT2D eigenvalue weighted by molar-refractivity contribution is 8.23. The van der Waals surface area contributed by atoms with Crippen molar-refractivity contribution in [2.45, 2.75) is 39.2 Å². The van der Waals surface area contributed by atoms with Gasteiger partial charge in [-0.2, -0.15) is 0 Å². The SMILES string of the molecule is Cc1cc(CSC(=S)c2ccccc2)cc(C)c1C(=O)P(=O)(C(=O)c1c(C)cc(CSC(=S)c2ccccc2)cc1C)c1ccccc1. The average Bonchev–Trinajstić information content (AvgIpc) is 3.09. The topological polar surface area (TPSA) is 51.2 Å². The van der Waals surface area contributed by atoms with E-state index in [0.29, 0.717) is 44.9 Å². The minimum absolute atomic E-state index is 0.235. The molecule has 0 radical (unpaired) electrons. The van der Waals surface area contributed by atoms with Crippen LogP contribution in [0.25, 0.3) is 0 Å². The van der Waals surface area contributed by atoms with E-state index in [1.165, 1.54) is 0 Å². The van der Waals surface area contributed by atoms with Crippen molar-refractivity contribution in [2.24, 2.45) is 0 Å². The zero-order valence-electron chi connectivity index (χ0n) is 27.2. The molecule has 242 valence electrons. The van der Waals surface area contributed by atoms with Crippen LogP contribution in [0.15, 0.2) is 115 Å². The van der Waals surface area contributed by atoms with Gasteiger partial charge in [-0.3, -0.25) is 9.59 Å². The summed E-state index contributed by atoms with van der Waals surface area (Å²) in [5.74, 6) is 1.25. The second kappa shape index (κ2) is 15.8. The Morgan fingerprint density at radius 2 is 0.854 bits per heavy atom. The molecule has 0 N–H and O–H groups in total. The Kier molecular flexibility index (Phi) is 11.8. The van der Waals surface area contributed by atoms with E-state index in [1.54, 1.807) is 53.9 Å². The van der Waals surface area contributed by atoms with E-state index < -0.39 is 18.2 Å². The number of carbonyl (C=O) groups excluding carboxylic acids is 2. The predicted molar refractivity (Wildman–Crippen MR) is 213 cm³/mol. The van der Waals surface area contributed by atoms with Crippen molar-refractivity contribution in [3.8, 4) is 0 Å². The molecule has 48 heavy (non-hydrogen) atoms. The van der Waals surface area contributed by atoms with Gasteiger partial charge in [0.2, 0.25) is 18.2 Å². The van der Waals surface area contributed by atoms with Crippen molar-refractivity contribution in [3.05, 3.63) is 171 Å². The number of thioether (sulfide) groups is 2. The van der Waals surface area contributed by atoms with Gasteiger partial charge in [-0.05, 0) is 72.2 Å². The van der Waals surface area contributed by atoms with Crippen LogP contribution in [0.1, 0.15) is 65.2 Å². The molecule has 0 aliphatic carbocycles. The molecule has 0 unspecified atom stereocenters. The Hall–Kier alpha value is -3.45. The lowest BCUT2D eigenvalue weighted by Gasteiger charge is -2.22. The fourth-order valence-electron chi connectivity index (χ4n) is 5.84. The van der Waals surface area contributed by atoms with Crippen LogP contribution in [0.3, 0.4) is 0 Å². The highest BCUT2D eigenvalue weighted by Crippen LogP contribution is 2.52. The molecule has 0 aliphatic rings. The first kappa shape index (κ1) is 35.8. The molecule has 5 aromatic carbocycles. The summed E-state index contributed by atoms with van der Waals surface area (Å²) in [4.78, 5) is 29.1. The van der Waals surface area contributed by atoms with Crippen molar-refractivity contribution < 1.29 is 14.2 Å². The Labute approximate surface area is 302 Å². The molecule has 0 aliphatic heterocycles. The molecule has 0 spiro atoms. The van der Waals surface area contributed by atoms with E-state index >= 15 is 4.57 Å². The van der Waals surface area contributed by atoms with Crippen LogP contribution in [-0.4, -0.2) is 19.4 Å². The van der Waals surface area contributed by atoms with E-state index in [0.717, 1.165) is 30.6 Å². The minimum atomic E-state index is -4.31. The summed E-state index contributed by atoms with van der Waals surface area (Å²) >= 11 is 14.4. The summed E-state index contributed by atoms with van der Waals surface area (Å²) in [5, 5.41) is 0.235. The van der Waals surface area contributed by atoms with Gasteiger partial charge in [0.1, 0.15) is 0 Å². The molecule has 0 aromatic heterocycles. The zero-order valence-corrected chi connectivity index (χ0v) is 31.3. The monoisotopic (exact) mass is 722 g/mol. The quantitative estimate of drug-likeness (QED) is 0.0994. The van der Waals surface area contributed by atoms with Crippen LogP contribution >= 0.6 is 55.1 Å². The number of aryl methyl sites for hydroxylation is 4. The predicted octanol–water partition coefficient (Wildman–Crippen LogP) is 10.8. The van der Waals surface area contributed by atoms with Crippen molar-refractivity contribution in [3.63, 3.8) is 0 Å². The summed E-state index contributed by atoms with van der Waals surface area (Å²) in [6.45, 7) is 7.36. The number of carbonyl (C=O) groups is 2. The van der Waals surface area contributed by atoms with Gasteiger partial charge >= 0.3 is 0 Å². The summed E-state index contributed by atoms with van der Waals surface area (Å²) in [5.41, 5.74) is 6.08. The lowest BCUT2D eigenvalue weighted by molar-refractivity contribution is 0.104. The first-order chi connectivity index (χ1) is 23.0. The second-order valence-electron chi connectivity index (χ2n) is 11.6. The summed E-state index contributed by atoms with van der Waals surface area (Å²) < 4.78 is 16.8. The lowest BCUT2D eigenvalue weighted by Crippen LogP contribution is -2.23. The van der Waals surface area contributed by atoms with E-state index in [2.05, 4.69) is 0 Å². The van der Waals surface area contributed by atoms with Gasteiger partial charge in [-0.25, -0.2) is 0 Å². The number of hydrogen-bond acceptors (Lipinski definition) is 7. The van der Waals surface area contributed by atoms with Crippen molar-refractivity contribution in [1.82, 2.24) is 0 Å². The van der Waals surface area contributed by atoms with Crippen LogP contribution in [0, 0.1) is 27.7 Å². The van der Waals surface area contributed by atoms with Crippen molar-refractivity contribution in [2.75, 3.05) is 0 Å². The number of benzene rings is 5. The van der Waals surface area contributed by atoms with Gasteiger partial charge in [-0.15, -0.1) is 23.5 Å². The molecule has 5 rings (SSSR count). The molecule has 5 aromatic rings. The van der Waals surface area contributed by atoms with E-state index in [1.807, 2.05) is 113 Å². The van der Waals surface area contributed by atoms with E-state index in [4.69, 9.17) is 24.4 Å². The largest absolute Gasteiger partial charge is 0.302 e. The van der Waals surface area contributed by atoms with Gasteiger partial charge in [0.25, 0.3) is 0 Å². The van der Waals surface area contributed by atoms with Crippen molar-refractivity contribution >= 4 is 79.8 Å². The zero-order chi connectivity index (χ0) is 34.4. The summed E-state index contributed by atoms with van der Waals surface area (Å²) in [6, 6.07) is 35.9. The summed E-state index contributed by atoms with van der Waals surface area (Å²) in [6.07, 6.45) is 0. The lowest BCUT2D eigenvalue weighted by atomic mass is 10.0.